The number of benzene rings is 2. The molecule has 1 unspecified atom stereocenters. The van der Waals surface area contributed by atoms with Crippen molar-refractivity contribution >= 4 is 11.5 Å². The zero-order valence-corrected chi connectivity index (χ0v) is 19.6. The van der Waals surface area contributed by atoms with Crippen LogP contribution in [0.1, 0.15) is 76.7 Å². The zero-order valence-electron chi connectivity index (χ0n) is 19.6. The molecule has 0 fully saturated rings. The molecule has 1 aliphatic rings. The van der Waals surface area contributed by atoms with E-state index in [1.165, 1.54) is 25.3 Å². The Morgan fingerprint density at radius 2 is 1.78 bits per heavy atom. The van der Waals surface area contributed by atoms with Crippen LogP contribution in [0.3, 0.4) is 0 Å². The fraction of sp³-hybridized carbons (Fsp3) is 0.423. The number of nitrogens with zero attached hydrogens (tertiary/aromatic N) is 1. The van der Waals surface area contributed by atoms with Gasteiger partial charge in [0.25, 0.3) is 0 Å². The summed E-state index contributed by atoms with van der Waals surface area (Å²) in [5.74, 6) is 1.01. The number of amidine groups is 1. The maximum atomic E-state index is 13.1. The number of alkyl halides is 3. The van der Waals surface area contributed by atoms with Gasteiger partial charge >= 0.3 is 6.18 Å². The van der Waals surface area contributed by atoms with Crippen molar-refractivity contribution in [2.45, 2.75) is 66.2 Å². The summed E-state index contributed by atoms with van der Waals surface area (Å²) >= 11 is 0. The standard InChI is InChI=1S/C21H22F3N3.C5H12/c1-13(2)11-14(3)25-20-17-9-4-5-10-18(17)26-19(27-20)15-7-6-8-16(12-15)21(22,23)24;1-3-5-4-2/h4-13,19,26H,1-3H3,(H,25,27);3-5H2,1-2H3/b14-11+;. The third-order valence-corrected chi connectivity index (χ3v) is 4.87. The Hall–Kier alpha value is -2.76. The van der Waals surface area contributed by atoms with E-state index in [1.807, 2.05) is 31.2 Å². The van der Waals surface area contributed by atoms with Gasteiger partial charge in [0.2, 0.25) is 0 Å². The predicted molar refractivity (Wildman–Crippen MR) is 128 cm³/mol. The molecule has 0 radical (unpaired) electrons. The van der Waals surface area contributed by atoms with Crippen LogP contribution in [-0.4, -0.2) is 5.84 Å². The van der Waals surface area contributed by atoms with Crippen molar-refractivity contribution < 1.29 is 13.2 Å². The molecule has 1 aliphatic heterocycles. The molecule has 2 aromatic rings. The summed E-state index contributed by atoms with van der Waals surface area (Å²) in [4.78, 5) is 4.65. The highest BCUT2D eigenvalue weighted by molar-refractivity contribution is 6.05. The van der Waals surface area contributed by atoms with Gasteiger partial charge in [0.05, 0.1) is 5.56 Å². The van der Waals surface area contributed by atoms with Crippen molar-refractivity contribution in [2.75, 3.05) is 5.32 Å². The lowest BCUT2D eigenvalue weighted by atomic mass is 10.0. The van der Waals surface area contributed by atoms with Gasteiger partial charge in [0, 0.05) is 16.9 Å². The fourth-order valence-electron chi connectivity index (χ4n) is 3.42. The number of anilines is 1. The number of hydrogen-bond acceptors (Lipinski definition) is 3. The third kappa shape index (κ3) is 7.43. The maximum absolute atomic E-state index is 13.1. The molecule has 1 atom stereocenters. The van der Waals surface area contributed by atoms with Gasteiger partial charge in [-0.3, -0.25) is 0 Å². The van der Waals surface area contributed by atoms with E-state index in [0.29, 0.717) is 17.3 Å². The largest absolute Gasteiger partial charge is 0.416 e. The molecule has 0 saturated carbocycles. The average molecular weight is 446 g/mol. The van der Waals surface area contributed by atoms with E-state index in [-0.39, 0.29) is 0 Å². The molecule has 6 heteroatoms. The molecule has 1 heterocycles. The van der Waals surface area contributed by atoms with Crippen LogP contribution in [0.25, 0.3) is 0 Å². The van der Waals surface area contributed by atoms with Crippen LogP contribution >= 0.6 is 0 Å². The van der Waals surface area contributed by atoms with E-state index < -0.39 is 17.9 Å². The van der Waals surface area contributed by atoms with E-state index in [2.05, 4.69) is 49.4 Å². The lowest BCUT2D eigenvalue weighted by Crippen LogP contribution is -2.30. The van der Waals surface area contributed by atoms with Crippen LogP contribution in [0, 0.1) is 5.92 Å². The van der Waals surface area contributed by atoms with Crippen molar-refractivity contribution in [2.24, 2.45) is 10.9 Å². The average Bonchev–Trinajstić information content (AvgIpc) is 2.73. The van der Waals surface area contributed by atoms with Gasteiger partial charge in [-0.25, -0.2) is 4.99 Å². The summed E-state index contributed by atoms with van der Waals surface area (Å²) in [6.45, 7) is 10.5. The molecule has 2 aromatic carbocycles. The Morgan fingerprint density at radius 1 is 1.09 bits per heavy atom. The smallest absolute Gasteiger partial charge is 0.359 e. The van der Waals surface area contributed by atoms with Crippen molar-refractivity contribution in [1.29, 1.82) is 0 Å². The minimum Gasteiger partial charge on any atom is -0.359 e. The van der Waals surface area contributed by atoms with Gasteiger partial charge in [0.1, 0.15) is 12.0 Å². The Kier molecular flexibility index (Phi) is 9.36. The number of allylic oxidation sites excluding steroid dienone is 2. The second kappa shape index (κ2) is 11.7. The van der Waals surface area contributed by atoms with E-state index >= 15 is 0 Å². The van der Waals surface area contributed by atoms with E-state index in [0.717, 1.165) is 29.1 Å². The van der Waals surface area contributed by atoms with Crippen LogP contribution in [0.15, 0.2) is 65.3 Å². The van der Waals surface area contributed by atoms with E-state index in [9.17, 15) is 13.2 Å². The van der Waals surface area contributed by atoms with Crippen LogP contribution in [-0.2, 0) is 6.18 Å². The Bertz CT molecular complexity index is 928. The van der Waals surface area contributed by atoms with Gasteiger partial charge in [0.15, 0.2) is 0 Å². The lowest BCUT2D eigenvalue weighted by molar-refractivity contribution is -0.137. The topological polar surface area (TPSA) is 36.4 Å². The predicted octanol–water partition coefficient (Wildman–Crippen LogP) is 7.92. The summed E-state index contributed by atoms with van der Waals surface area (Å²) in [6, 6.07) is 12.9. The molecule has 174 valence electrons. The molecule has 0 saturated heterocycles. The highest BCUT2D eigenvalue weighted by atomic mass is 19.4. The van der Waals surface area contributed by atoms with Crippen molar-refractivity contribution in [1.82, 2.24) is 5.32 Å². The van der Waals surface area contributed by atoms with Crippen LogP contribution in [0.2, 0.25) is 0 Å². The molecular weight excluding hydrogens is 411 g/mol. The highest BCUT2D eigenvalue weighted by Gasteiger charge is 2.31. The molecule has 0 aliphatic carbocycles. The minimum atomic E-state index is -4.38. The van der Waals surface area contributed by atoms with Crippen LogP contribution < -0.4 is 10.6 Å². The number of hydrogen-bond donors (Lipinski definition) is 2. The summed E-state index contributed by atoms with van der Waals surface area (Å²) < 4.78 is 39.2. The van der Waals surface area contributed by atoms with Crippen LogP contribution in [0.4, 0.5) is 18.9 Å². The number of rotatable bonds is 5. The normalized spacial score (nSPS) is 15.8. The van der Waals surface area contributed by atoms with Crippen LogP contribution in [0.5, 0.6) is 0 Å². The molecule has 2 N–H and O–H groups in total. The first-order chi connectivity index (χ1) is 15.2. The van der Waals surface area contributed by atoms with Gasteiger partial charge in [-0.15, -0.1) is 0 Å². The van der Waals surface area contributed by atoms with Gasteiger partial charge < -0.3 is 10.6 Å². The first kappa shape index (κ1) is 25.5. The number of aliphatic imine (C=N–C) groups is 1. The molecule has 3 rings (SSSR count). The maximum Gasteiger partial charge on any atom is 0.416 e. The molecule has 0 spiro atoms. The monoisotopic (exact) mass is 445 g/mol. The number of nitrogens with one attached hydrogen (secondary N) is 2. The van der Waals surface area contributed by atoms with Crippen molar-refractivity contribution in [3.63, 3.8) is 0 Å². The van der Waals surface area contributed by atoms with Crippen molar-refractivity contribution in [3.8, 4) is 0 Å². The molecule has 0 aromatic heterocycles. The summed E-state index contributed by atoms with van der Waals surface area (Å²) in [6.07, 6.45) is 1.17. The summed E-state index contributed by atoms with van der Waals surface area (Å²) in [5.41, 5.74) is 2.45. The Labute approximate surface area is 189 Å². The SMILES string of the molecule is C/C(=C\C(C)C)NC1=NC(c2cccc(C(F)(F)F)c2)Nc2ccccc21.CCCCC. The molecule has 32 heavy (non-hydrogen) atoms. The number of unbranched alkanes of at least 4 members (excludes halogenated alkanes) is 2. The second-order valence-corrected chi connectivity index (χ2v) is 8.27. The number of halogens is 3. The third-order valence-electron chi connectivity index (χ3n) is 4.87. The lowest BCUT2D eigenvalue weighted by Gasteiger charge is -2.27. The zero-order chi connectivity index (χ0) is 23.7. The summed E-state index contributed by atoms with van der Waals surface area (Å²) in [5, 5.41) is 6.52. The molecular formula is C26H34F3N3. The number of fused-ring (bicyclic) bond motifs is 1. The highest BCUT2D eigenvalue weighted by Crippen LogP contribution is 2.34. The molecule has 0 amide bonds. The molecule has 3 nitrogen and oxygen atoms in total. The van der Waals surface area contributed by atoms with E-state index in [1.54, 1.807) is 6.07 Å². The minimum absolute atomic E-state index is 0.370. The first-order valence-corrected chi connectivity index (χ1v) is 11.2. The van der Waals surface area contributed by atoms with Gasteiger partial charge in [-0.2, -0.15) is 13.2 Å². The number of para-hydroxylation sites is 1. The van der Waals surface area contributed by atoms with Gasteiger partial charge in [-0.05, 0) is 42.7 Å². The quantitative estimate of drug-likeness (QED) is 0.490. The first-order valence-electron chi connectivity index (χ1n) is 11.2. The second-order valence-electron chi connectivity index (χ2n) is 8.27. The van der Waals surface area contributed by atoms with Gasteiger partial charge in [-0.1, -0.05) is 77.3 Å². The fourth-order valence-corrected chi connectivity index (χ4v) is 3.42. The van der Waals surface area contributed by atoms with E-state index in [4.69, 9.17) is 0 Å². The molecule has 0 bridgehead atoms. The Balaban J connectivity index is 0.000000654. The van der Waals surface area contributed by atoms with Crippen molar-refractivity contribution in [3.05, 3.63) is 77.0 Å². The summed E-state index contributed by atoms with van der Waals surface area (Å²) in [7, 11) is 0. The Morgan fingerprint density at radius 3 is 2.38 bits per heavy atom.